The molecule has 5 heteroatoms. The quantitative estimate of drug-likeness (QED) is 0.817. The van der Waals surface area contributed by atoms with E-state index < -0.39 is 0 Å². The maximum atomic E-state index is 12.4. The summed E-state index contributed by atoms with van der Waals surface area (Å²) in [5, 5.41) is 3.10. The molecule has 0 spiro atoms. The van der Waals surface area contributed by atoms with Crippen LogP contribution in [0.25, 0.3) is 0 Å². The van der Waals surface area contributed by atoms with Gasteiger partial charge in [-0.2, -0.15) is 0 Å². The molecule has 116 valence electrons. The Balaban J connectivity index is 2.00. The minimum absolute atomic E-state index is 0.0183. The van der Waals surface area contributed by atoms with E-state index in [0.717, 1.165) is 24.9 Å². The van der Waals surface area contributed by atoms with Gasteiger partial charge in [0.2, 0.25) is 5.91 Å². The van der Waals surface area contributed by atoms with Gasteiger partial charge < -0.3 is 20.7 Å². The fourth-order valence-corrected chi connectivity index (χ4v) is 2.62. The van der Waals surface area contributed by atoms with Crippen molar-refractivity contribution in [2.75, 3.05) is 27.2 Å². The standard InChI is InChI=1S/C16H25N3O2/c1-19(2)11-14(12-6-4-3-5-7-12)18-16(20)15-9-8-13(10-17)21-15/h3-7,13-15H,8-11,17H2,1-2H3,(H,18,20). The summed E-state index contributed by atoms with van der Waals surface area (Å²) in [6, 6.07) is 9.99. The molecule has 1 aromatic rings. The topological polar surface area (TPSA) is 67.6 Å². The van der Waals surface area contributed by atoms with Gasteiger partial charge >= 0.3 is 0 Å². The fraction of sp³-hybridized carbons (Fsp3) is 0.562. The van der Waals surface area contributed by atoms with Gasteiger partial charge in [-0.1, -0.05) is 30.3 Å². The van der Waals surface area contributed by atoms with Crippen molar-refractivity contribution in [3.63, 3.8) is 0 Å². The monoisotopic (exact) mass is 291 g/mol. The molecule has 3 unspecified atom stereocenters. The minimum atomic E-state index is -0.369. The van der Waals surface area contributed by atoms with Crippen LogP contribution < -0.4 is 11.1 Å². The molecule has 0 aromatic heterocycles. The number of amides is 1. The molecule has 0 saturated carbocycles. The van der Waals surface area contributed by atoms with E-state index in [4.69, 9.17) is 10.5 Å². The number of benzene rings is 1. The van der Waals surface area contributed by atoms with E-state index in [9.17, 15) is 4.79 Å². The van der Waals surface area contributed by atoms with Gasteiger partial charge in [0.15, 0.2) is 0 Å². The molecule has 1 fully saturated rings. The van der Waals surface area contributed by atoms with Crippen molar-refractivity contribution in [1.82, 2.24) is 10.2 Å². The zero-order chi connectivity index (χ0) is 15.2. The van der Waals surface area contributed by atoms with Crippen molar-refractivity contribution in [3.8, 4) is 0 Å². The molecule has 3 N–H and O–H groups in total. The zero-order valence-corrected chi connectivity index (χ0v) is 12.8. The van der Waals surface area contributed by atoms with Crippen LogP contribution in [0.3, 0.4) is 0 Å². The molecule has 0 radical (unpaired) electrons. The average Bonchev–Trinajstić information content (AvgIpc) is 2.96. The first-order valence-corrected chi connectivity index (χ1v) is 7.45. The average molecular weight is 291 g/mol. The summed E-state index contributed by atoms with van der Waals surface area (Å²) in [6.07, 6.45) is 1.26. The van der Waals surface area contributed by atoms with Crippen LogP contribution in [0.2, 0.25) is 0 Å². The number of nitrogens with one attached hydrogen (secondary N) is 1. The first kappa shape index (κ1) is 15.9. The lowest BCUT2D eigenvalue weighted by Crippen LogP contribution is -2.41. The first-order valence-electron chi connectivity index (χ1n) is 7.45. The predicted octanol–water partition coefficient (Wildman–Crippen LogP) is 0.912. The highest BCUT2D eigenvalue weighted by Gasteiger charge is 2.31. The lowest BCUT2D eigenvalue weighted by molar-refractivity contribution is -0.132. The third-order valence-electron chi connectivity index (χ3n) is 3.73. The van der Waals surface area contributed by atoms with Crippen molar-refractivity contribution in [2.24, 2.45) is 5.73 Å². The molecule has 1 aliphatic rings. The Morgan fingerprint density at radius 2 is 2.10 bits per heavy atom. The van der Waals surface area contributed by atoms with E-state index in [1.54, 1.807) is 0 Å². The van der Waals surface area contributed by atoms with Gasteiger partial charge in [0.1, 0.15) is 6.10 Å². The van der Waals surface area contributed by atoms with Crippen LogP contribution in [-0.2, 0) is 9.53 Å². The summed E-state index contributed by atoms with van der Waals surface area (Å²) in [4.78, 5) is 14.4. The molecule has 1 saturated heterocycles. The van der Waals surface area contributed by atoms with Gasteiger partial charge in [0.25, 0.3) is 0 Å². The van der Waals surface area contributed by atoms with Crippen LogP contribution in [0, 0.1) is 0 Å². The Bertz CT molecular complexity index is 450. The second kappa shape index (κ2) is 7.54. The summed E-state index contributed by atoms with van der Waals surface area (Å²) in [5.74, 6) is -0.0401. The van der Waals surface area contributed by atoms with Gasteiger partial charge in [-0.25, -0.2) is 0 Å². The maximum absolute atomic E-state index is 12.4. The van der Waals surface area contributed by atoms with Crippen LogP contribution in [0.4, 0.5) is 0 Å². The molecule has 5 nitrogen and oxygen atoms in total. The highest BCUT2D eigenvalue weighted by molar-refractivity contribution is 5.81. The molecule has 1 heterocycles. The number of hydrogen-bond acceptors (Lipinski definition) is 4. The van der Waals surface area contributed by atoms with E-state index in [1.165, 1.54) is 0 Å². The zero-order valence-electron chi connectivity index (χ0n) is 12.8. The van der Waals surface area contributed by atoms with Crippen molar-refractivity contribution in [2.45, 2.75) is 31.1 Å². The van der Waals surface area contributed by atoms with Crippen LogP contribution in [0.5, 0.6) is 0 Å². The number of likely N-dealkylation sites (N-methyl/N-ethyl adjacent to an activating group) is 1. The Kier molecular flexibility index (Phi) is 5.73. The second-order valence-electron chi connectivity index (χ2n) is 5.79. The van der Waals surface area contributed by atoms with Crippen molar-refractivity contribution >= 4 is 5.91 Å². The molecule has 1 aliphatic heterocycles. The van der Waals surface area contributed by atoms with Gasteiger partial charge in [-0.3, -0.25) is 4.79 Å². The summed E-state index contributed by atoms with van der Waals surface area (Å²) in [7, 11) is 4.00. The number of carbonyl (C=O) groups is 1. The molecular weight excluding hydrogens is 266 g/mol. The predicted molar refractivity (Wildman–Crippen MR) is 82.8 cm³/mol. The summed E-state index contributed by atoms with van der Waals surface area (Å²) in [5.41, 5.74) is 6.70. The van der Waals surface area contributed by atoms with Crippen molar-refractivity contribution in [1.29, 1.82) is 0 Å². The Morgan fingerprint density at radius 1 is 1.38 bits per heavy atom. The highest BCUT2D eigenvalue weighted by atomic mass is 16.5. The van der Waals surface area contributed by atoms with E-state index in [2.05, 4.69) is 10.2 Å². The van der Waals surface area contributed by atoms with Crippen LogP contribution in [-0.4, -0.2) is 50.2 Å². The smallest absolute Gasteiger partial charge is 0.249 e. The lowest BCUT2D eigenvalue weighted by atomic mass is 10.1. The van der Waals surface area contributed by atoms with E-state index in [-0.39, 0.29) is 24.2 Å². The number of carbonyl (C=O) groups excluding carboxylic acids is 1. The second-order valence-corrected chi connectivity index (χ2v) is 5.79. The Morgan fingerprint density at radius 3 is 2.67 bits per heavy atom. The van der Waals surface area contributed by atoms with Gasteiger partial charge in [0.05, 0.1) is 12.1 Å². The van der Waals surface area contributed by atoms with E-state index >= 15 is 0 Å². The van der Waals surface area contributed by atoms with Crippen molar-refractivity contribution in [3.05, 3.63) is 35.9 Å². The maximum Gasteiger partial charge on any atom is 0.249 e. The summed E-state index contributed by atoms with van der Waals surface area (Å²) in [6.45, 7) is 1.23. The largest absolute Gasteiger partial charge is 0.364 e. The molecule has 1 amide bonds. The van der Waals surface area contributed by atoms with Crippen molar-refractivity contribution < 1.29 is 9.53 Å². The lowest BCUT2D eigenvalue weighted by Gasteiger charge is -2.24. The fourth-order valence-electron chi connectivity index (χ4n) is 2.62. The van der Waals surface area contributed by atoms with Gasteiger partial charge in [0, 0.05) is 13.1 Å². The van der Waals surface area contributed by atoms with E-state index in [0.29, 0.717) is 6.54 Å². The van der Waals surface area contributed by atoms with Gasteiger partial charge in [-0.05, 0) is 32.5 Å². The van der Waals surface area contributed by atoms with E-state index in [1.807, 2.05) is 44.4 Å². The van der Waals surface area contributed by atoms with Crippen LogP contribution >= 0.6 is 0 Å². The Hall–Kier alpha value is -1.43. The Labute approximate surface area is 126 Å². The molecular formula is C16H25N3O2. The molecule has 3 atom stereocenters. The number of nitrogens with two attached hydrogens (primary N) is 1. The molecule has 0 aliphatic carbocycles. The molecule has 21 heavy (non-hydrogen) atoms. The number of rotatable bonds is 6. The normalized spacial score (nSPS) is 23.2. The third kappa shape index (κ3) is 4.52. The number of ether oxygens (including phenoxy) is 1. The summed E-state index contributed by atoms with van der Waals surface area (Å²) >= 11 is 0. The highest BCUT2D eigenvalue weighted by Crippen LogP contribution is 2.21. The molecule has 0 bridgehead atoms. The first-order chi connectivity index (χ1) is 10.1. The van der Waals surface area contributed by atoms with Crippen LogP contribution in [0.1, 0.15) is 24.4 Å². The third-order valence-corrected chi connectivity index (χ3v) is 3.73. The molecule has 1 aromatic carbocycles. The SMILES string of the molecule is CN(C)CC(NC(=O)C1CCC(CN)O1)c1ccccc1. The number of nitrogens with zero attached hydrogens (tertiary/aromatic N) is 1. The number of hydrogen-bond donors (Lipinski definition) is 2. The van der Waals surface area contributed by atoms with Crippen LogP contribution in [0.15, 0.2) is 30.3 Å². The molecule has 2 rings (SSSR count). The van der Waals surface area contributed by atoms with Gasteiger partial charge in [-0.15, -0.1) is 0 Å². The minimum Gasteiger partial charge on any atom is -0.364 e. The summed E-state index contributed by atoms with van der Waals surface area (Å²) < 4.78 is 5.66.